The van der Waals surface area contributed by atoms with Crippen molar-refractivity contribution in [1.82, 2.24) is 24.6 Å². The van der Waals surface area contributed by atoms with Gasteiger partial charge in [0, 0.05) is 18.3 Å². The predicted molar refractivity (Wildman–Crippen MR) is 103 cm³/mol. The molecule has 0 aliphatic carbocycles. The van der Waals surface area contributed by atoms with Gasteiger partial charge < -0.3 is 9.88 Å². The van der Waals surface area contributed by atoms with Crippen LogP contribution >= 0.6 is 0 Å². The first-order valence-corrected chi connectivity index (χ1v) is 8.92. The summed E-state index contributed by atoms with van der Waals surface area (Å²) in [7, 11) is 1.92. The van der Waals surface area contributed by atoms with Gasteiger partial charge in [-0.3, -0.25) is 9.48 Å². The molecule has 6 heteroatoms. The monoisotopic (exact) mass is 353 g/mol. The Balaban J connectivity index is 1.83. The molecule has 0 fully saturated rings. The molecule has 0 aliphatic heterocycles. The minimum Gasteiger partial charge on any atom is -0.348 e. The molecule has 0 radical (unpaired) electrons. The third-order valence-corrected chi connectivity index (χ3v) is 5.23. The van der Waals surface area contributed by atoms with Gasteiger partial charge >= 0.3 is 0 Å². The number of fused-ring (bicyclic) bond motifs is 1. The first-order chi connectivity index (χ1) is 12.2. The van der Waals surface area contributed by atoms with Crippen molar-refractivity contribution in [3.63, 3.8) is 0 Å². The summed E-state index contributed by atoms with van der Waals surface area (Å²) in [6, 6.07) is 4.10. The topological polar surface area (TPSA) is 64.7 Å². The number of aromatic nitrogens is 4. The highest BCUT2D eigenvalue weighted by Gasteiger charge is 2.19. The molecule has 3 rings (SSSR count). The molecule has 0 saturated heterocycles. The predicted octanol–water partition coefficient (Wildman–Crippen LogP) is 3.19. The minimum atomic E-state index is -0.0877. The van der Waals surface area contributed by atoms with Gasteiger partial charge in [-0.25, -0.2) is 4.98 Å². The van der Waals surface area contributed by atoms with Crippen LogP contribution in [0.25, 0.3) is 11.0 Å². The van der Waals surface area contributed by atoms with E-state index in [4.69, 9.17) is 0 Å². The Kier molecular flexibility index (Phi) is 4.61. The first kappa shape index (κ1) is 18.2. The number of carbonyl (C=O) groups is 1. The van der Waals surface area contributed by atoms with Crippen molar-refractivity contribution in [2.45, 2.75) is 54.1 Å². The van der Waals surface area contributed by atoms with Gasteiger partial charge in [0.05, 0.1) is 22.8 Å². The smallest absolute Gasteiger partial charge is 0.240 e. The number of amides is 1. The van der Waals surface area contributed by atoms with E-state index in [1.807, 2.05) is 44.0 Å². The largest absolute Gasteiger partial charge is 0.348 e. The zero-order chi connectivity index (χ0) is 19.2. The number of hydrogen-bond acceptors (Lipinski definition) is 3. The van der Waals surface area contributed by atoms with E-state index in [1.54, 1.807) is 0 Å². The van der Waals surface area contributed by atoms with Crippen molar-refractivity contribution < 1.29 is 4.79 Å². The van der Waals surface area contributed by atoms with Crippen molar-refractivity contribution in [2.75, 3.05) is 0 Å². The number of carbonyl (C=O) groups excluding carboxylic acids is 1. The molecule has 6 nitrogen and oxygen atoms in total. The number of nitrogens with one attached hydrogen (secondary N) is 1. The maximum absolute atomic E-state index is 12.7. The molecular weight excluding hydrogens is 326 g/mol. The average Bonchev–Trinajstić information content (AvgIpc) is 2.96. The van der Waals surface area contributed by atoms with Crippen LogP contribution in [0.3, 0.4) is 0 Å². The molecule has 1 atom stereocenters. The first-order valence-electron chi connectivity index (χ1n) is 8.92. The van der Waals surface area contributed by atoms with Gasteiger partial charge in [0.1, 0.15) is 12.4 Å². The Labute approximate surface area is 154 Å². The van der Waals surface area contributed by atoms with Crippen LogP contribution in [0.1, 0.15) is 46.9 Å². The summed E-state index contributed by atoms with van der Waals surface area (Å²) < 4.78 is 3.83. The lowest BCUT2D eigenvalue weighted by Gasteiger charge is -2.16. The maximum Gasteiger partial charge on any atom is 0.240 e. The summed E-state index contributed by atoms with van der Waals surface area (Å²) in [4.78, 5) is 17.3. The van der Waals surface area contributed by atoms with E-state index in [2.05, 4.69) is 41.4 Å². The van der Waals surface area contributed by atoms with E-state index >= 15 is 0 Å². The lowest BCUT2D eigenvalue weighted by molar-refractivity contribution is -0.122. The van der Waals surface area contributed by atoms with E-state index in [9.17, 15) is 4.79 Å². The second kappa shape index (κ2) is 6.59. The van der Waals surface area contributed by atoms with E-state index in [0.29, 0.717) is 0 Å². The van der Waals surface area contributed by atoms with Gasteiger partial charge in [0.15, 0.2) is 0 Å². The number of nitrogens with zero attached hydrogens (tertiary/aromatic N) is 4. The number of imidazole rings is 1. The highest BCUT2D eigenvalue weighted by atomic mass is 16.2. The van der Waals surface area contributed by atoms with Gasteiger partial charge in [0.25, 0.3) is 0 Å². The Morgan fingerprint density at radius 1 is 1.15 bits per heavy atom. The SMILES string of the molecule is Cc1cc2nc(C)n(CC(=O)N[C@@H](C)c3c(C)nn(C)c3C)c2cc1C. The zero-order valence-corrected chi connectivity index (χ0v) is 16.6. The molecule has 1 aromatic carbocycles. The van der Waals surface area contributed by atoms with Crippen LogP contribution in [-0.4, -0.2) is 25.2 Å². The third-order valence-electron chi connectivity index (χ3n) is 5.23. The summed E-state index contributed by atoms with van der Waals surface area (Å²) in [5.74, 6) is 0.822. The summed E-state index contributed by atoms with van der Waals surface area (Å²) in [6.45, 7) is 12.4. The Morgan fingerprint density at radius 3 is 2.42 bits per heavy atom. The number of benzene rings is 1. The van der Waals surface area contributed by atoms with Crippen molar-refractivity contribution >= 4 is 16.9 Å². The van der Waals surface area contributed by atoms with Crippen molar-refractivity contribution in [3.8, 4) is 0 Å². The van der Waals surface area contributed by atoms with Crippen LogP contribution in [0.5, 0.6) is 0 Å². The third kappa shape index (κ3) is 3.11. The lowest BCUT2D eigenvalue weighted by Crippen LogP contribution is -2.31. The molecule has 1 N–H and O–H groups in total. The summed E-state index contributed by atoms with van der Waals surface area (Å²) in [5, 5.41) is 7.54. The van der Waals surface area contributed by atoms with Crippen LogP contribution in [0.15, 0.2) is 12.1 Å². The Morgan fingerprint density at radius 2 is 1.81 bits per heavy atom. The highest BCUT2D eigenvalue weighted by Crippen LogP contribution is 2.22. The molecule has 0 unspecified atom stereocenters. The van der Waals surface area contributed by atoms with Crippen LogP contribution in [-0.2, 0) is 18.4 Å². The van der Waals surface area contributed by atoms with Gasteiger partial charge in [0.2, 0.25) is 5.91 Å². The molecule has 0 bridgehead atoms. The van der Waals surface area contributed by atoms with E-state index in [0.717, 1.165) is 33.8 Å². The van der Waals surface area contributed by atoms with Crippen LogP contribution in [0.2, 0.25) is 0 Å². The number of rotatable bonds is 4. The summed E-state index contributed by atoms with van der Waals surface area (Å²) in [6.07, 6.45) is 0. The fourth-order valence-electron chi connectivity index (χ4n) is 3.62. The molecule has 26 heavy (non-hydrogen) atoms. The van der Waals surface area contributed by atoms with Crippen LogP contribution in [0, 0.1) is 34.6 Å². The molecular formula is C20H27N5O. The van der Waals surface area contributed by atoms with Crippen molar-refractivity contribution in [1.29, 1.82) is 0 Å². The number of hydrogen-bond donors (Lipinski definition) is 1. The molecule has 0 aliphatic rings. The molecule has 2 aromatic heterocycles. The van der Waals surface area contributed by atoms with Gasteiger partial charge in [-0.2, -0.15) is 5.10 Å². The number of aryl methyl sites for hydroxylation is 5. The average molecular weight is 353 g/mol. The molecule has 3 aromatic rings. The minimum absolute atomic E-state index is 0.0271. The van der Waals surface area contributed by atoms with E-state index < -0.39 is 0 Å². The zero-order valence-electron chi connectivity index (χ0n) is 16.6. The Hall–Kier alpha value is -2.63. The van der Waals surface area contributed by atoms with E-state index in [1.165, 1.54) is 11.1 Å². The standard InChI is InChI=1S/C20H27N5O/c1-11-8-17-18(9-12(11)2)25(16(6)22-17)10-19(26)21-13(3)20-14(4)23-24(7)15(20)5/h8-9,13H,10H2,1-7H3,(H,21,26)/t13-/m0/s1. The summed E-state index contributed by atoms with van der Waals surface area (Å²) >= 11 is 0. The fourth-order valence-corrected chi connectivity index (χ4v) is 3.62. The molecule has 0 saturated carbocycles. The Bertz CT molecular complexity index is 996. The van der Waals surface area contributed by atoms with Gasteiger partial charge in [-0.1, -0.05) is 0 Å². The second-order valence-corrected chi connectivity index (χ2v) is 7.17. The highest BCUT2D eigenvalue weighted by molar-refractivity contribution is 5.82. The molecule has 138 valence electrons. The normalized spacial score (nSPS) is 12.6. The van der Waals surface area contributed by atoms with Crippen molar-refractivity contribution in [3.05, 3.63) is 46.0 Å². The van der Waals surface area contributed by atoms with E-state index in [-0.39, 0.29) is 18.5 Å². The molecule has 0 spiro atoms. The lowest BCUT2D eigenvalue weighted by atomic mass is 10.1. The molecule has 1 amide bonds. The van der Waals surface area contributed by atoms with Gasteiger partial charge in [-0.15, -0.1) is 0 Å². The molecule has 2 heterocycles. The van der Waals surface area contributed by atoms with Crippen LogP contribution < -0.4 is 5.32 Å². The fraction of sp³-hybridized carbons (Fsp3) is 0.450. The van der Waals surface area contributed by atoms with Gasteiger partial charge in [-0.05, 0) is 64.8 Å². The summed E-state index contributed by atoms with van der Waals surface area (Å²) in [5.41, 5.74) is 7.46. The quantitative estimate of drug-likeness (QED) is 0.783. The van der Waals surface area contributed by atoms with Crippen LogP contribution in [0.4, 0.5) is 0 Å². The second-order valence-electron chi connectivity index (χ2n) is 7.17. The van der Waals surface area contributed by atoms with Crippen molar-refractivity contribution in [2.24, 2.45) is 7.05 Å². The maximum atomic E-state index is 12.7.